The molecule has 18 heavy (non-hydrogen) atoms. The lowest BCUT2D eigenvalue weighted by atomic mass is 10.0. The number of para-hydroxylation sites is 1. The van der Waals surface area contributed by atoms with Crippen molar-refractivity contribution in [1.29, 1.82) is 0 Å². The molecule has 1 saturated heterocycles. The minimum Gasteiger partial charge on any atom is -0.454 e. The van der Waals surface area contributed by atoms with Crippen LogP contribution in [-0.4, -0.2) is 25.7 Å². The highest BCUT2D eigenvalue weighted by molar-refractivity contribution is 5.54. The summed E-state index contributed by atoms with van der Waals surface area (Å²) in [6, 6.07) is 8.60. The number of ether oxygens (including phenoxy) is 1. The molecule has 0 unspecified atom stereocenters. The van der Waals surface area contributed by atoms with Gasteiger partial charge in [0.15, 0.2) is 0 Å². The van der Waals surface area contributed by atoms with Gasteiger partial charge in [0.05, 0.1) is 0 Å². The second-order valence-corrected chi connectivity index (χ2v) is 4.77. The van der Waals surface area contributed by atoms with Gasteiger partial charge in [0, 0.05) is 31.6 Å². The van der Waals surface area contributed by atoms with Crippen LogP contribution in [0, 0.1) is 0 Å². The van der Waals surface area contributed by atoms with Gasteiger partial charge in [-0.3, -0.25) is 0 Å². The van der Waals surface area contributed by atoms with Gasteiger partial charge in [0.2, 0.25) is 0 Å². The normalized spacial score (nSPS) is 16.6. The van der Waals surface area contributed by atoms with Gasteiger partial charge < -0.3 is 9.64 Å². The minimum atomic E-state index is 0.0529. The van der Waals surface area contributed by atoms with Crippen LogP contribution in [-0.2, 0) is 16.0 Å². The van der Waals surface area contributed by atoms with Crippen LogP contribution in [0.25, 0.3) is 0 Å². The Morgan fingerprint density at radius 3 is 2.72 bits per heavy atom. The number of piperidine rings is 1. The summed E-state index contributed by atoms with van der Waals surface area (Å²) in [6.07, 6.45) is 4.13. The van der Waals surface area contributed by atoms with Crippen LogP contribution in [0.2, 0.25) is 0 Å². The first kappa shape index (κ1) is 12.9. The quantitative estimate of drug-likeness (QED) is 0.800. The van der Waals surface area contributed by atoms with Gasteiger partial charge in [-0.15, -0.1) is 0 Å². The summed E-state index contributed by atoms with van der Waals surface area (Å²) < 4.78 is 4.91. The molecule has 1 aromatic rings. The number of carbonyl (C=O) groups excluding carboxylic acids is 1. The van der Waals surface area contributed by atoms with Gasteiger partial charge in [-0.2, -0.15) is 0 Å². The average molecular weight is 246 g/mol. The molecule has 0 N–H and O–H groups in total. The summed E-state index contributed by atoms with van der Waals surface area (Å²) in [4.78, 5) is 12.6. The Hall–Kier alpha value is -1.51. The fraction of sp³-hybridized carbons (Fsp3) is 0.533. The highest BCUT2D eigenvalue weighted by Crippen LogP contribution is 2.25. The molecule has 0 saturated carbocycles. The zero-order valence-electron chi connectivity index (χ0n) is 10.9. The van der Waals surface area contributed by atoms with Crippen LogP contribution >= 0.6 is 0 Å². The van der Waals surface area contributed by atoms with Crippen molar-refractivity contribution in [3.05, 3.63) is 29.8 Å². The summed E-state index contributed by atoms with van der Waals surface area (Å²) in [5.41, 5.74) is 2.76. The molecule has 0 aromatic heterocycles. The lowest BCUT2D eigenvalue weighted by Crippen LogP contribution is -2.37. The highest BCUT2D eigenvalue weighted by Gasteiger charge is 2.21. The standard InChI is InChI=1S/C15H20NO2/c1-2-5-13-6-3-4-7-15(13)16-10-8-14(9-11-16)18-12-17/h3-4,6-7,14H,2,5,8-11H2,1H3. The molecule has 2 rings (SSSR count). The first-order valence-electron chi connectivity index (χ1n) is 6.70. The molecule has 0 spiro atoms. The van der Waals surface area contributed by atoms with Crippen LogP contribution < -0.4 is 4.90 Å². The van der Waals surface area contributed by atoms with E-state index in [4.69, 9.17) is 4.74 Å². The molecule has 1 aliphatic heterocycles. The SMILES string of the molecule is CCCc1ccccc1N1CCC(O[C]=O)CC1. The van der Waals surface area contributed by atoms with Crippen molar-refractivity contribution in [3.8, 4) is 0 Å². The van der Waals surface area contributed by atoms with Crippen molar-refractivity contribution >= 4 is 12.2 Å². The van der Waals surface area contributed by atoms with E-state index >= 15 is 0 Å². The Morgan fingerprint density at radius 1 is 1.33 bits per heavy atom. The number of anilines is 1. The molecular weight excluding hydrogens is 226 g/mol. The molecule has 97 valence electrons. The first-order chi connectivity index (χ1) is 8.85. The fourth-order valence-corrected chi connectivity index (χ4v) is 2.58. The van der Waals surface area contributed by atoms with E-state index in [1.807, 2.05) is 0 Å². The maximum atomic E-state index is 10.2. The molecule has 1 aromatic carbocycles. The minimum absolute atomic E-state index is 0.0529. The molecule has 0 atom stereocenters. The molecule has 0 amide bonds. The summed E-state index contributed by atoms with van der Waals surface area (Å²) in [6.45, 7) is 5.66. The highest BCUT2D eigenvalue weighted by atomic mass is 16.5. The van der Waals surface area contributed by atoms with Crippen LogP contribution in [0.15, 0.2) is 24.3 Å². The molecule has 0 bridgehead atoms. The first-order valence-corrected chi connectivity index (χ1v) is 6.70. The third-order valence-electron chi connectivity index (χ3n) is 3.51. The van der Waals surface area contributed by atoms with Gasteiger partial charge in [-0.05, 0) is 18.1 Å². The maximum Gasteiger partial charge on any atom is 0.417 e. The average Bonchev–Trinajstić information content (AvgIpc) is 2.41. The lowest BCUT2D eigenvalue weighted by molar-refractivity contribution is 0.149. The zero-order chi connectivity index (χ0) is 12.8. The molecule has 1 aliphatic rings. The Balaban J connectivity index is 2.02. The number of benzene rings is 1. The summed E-state index contributed by atoms with van der Waals surface area (Å²) in [7, 11) is 0. The zero-order valence-corrected chi connectivity index (χ0v) is 10.9. The van der Waals surface area contributed by atoms with Gasteiger partial charge in [-0.1, -0.05) is 31.5 Å². The van der Waals surface area contributed by atoms with Crippen LogP contribution in [0.4, 0.5) is 5.69 Å². The van der Waals surface area contributed by atoms with Gasteiger partial charge in [0.1, 0.15) is 6.10 Å². The summed E-state index contributed by atoms with van der Waals surface area (Å²) in [5.74, 6) is 0. The topological polar surface area (TPSA) is 29.5 Å². The van der Waals surface area contributed by atoms with Gasteiger partial charge in [0.25, 0.3) is 0 Å². The molecule has 3 nitrogen and oxygen atoms in total. The second kappa shape index (κ2) is 6.43. The molecule has 3 heteroatoms. The van der Waals surface area contributed by atoms with E-state index < -0.39 is 0 Å². The van der Waals surface area contributed by atoms with E-state index in [2.05, 4.69) is 36.1 Å². The fourth-order valence-electron chi connectivity index (χ4n) is 2.58. The molecule has 1 heterocycles. The predicted molar refractivity (Wildman–Crippen MR) is 72.5 cm³/mol. The number of nitrogens with zero attached hydrogens (tertiary/aromatic N) is 1. The summed E-state index contributed by atoms with van der Waals surface area (Å²) in [5, 5.41) is 0. The number of hydrogen-bond acceptors (Lipinski definition) is 3. The molecular formula is C15H20NO2. The summed E-state index contributed by atoms with van der Waals surface area (Å²) >= 11 is 0. The van der Waals surface area contributed by atoms with Gasteiger partial charge >= 0.3 is 6.47 Å². The second-order valence-electron chi connectivity index (χ2n) is 4.77. The number of aryl methyl sites for hydroxylation is 1. The molecule has 1 radical (unpaired) electrons. The van der Waals surface area contributed by atoms with Crippen LogP contribution in [0.1, 0.15) is 31.7 Å². The van der Waals surface area contributed by atoms with Crippen LogP contribution in [0.5, 0.6) is 0 Å². The third kappa shape index (κ3) is 3.03. The predicted octanol–water partition coefficient (Wildman–Crippen LogP) is 2.69. The van der Waals surface area contributed by atoms with Crippen molar-refractivity contribution < 1.29 is 9.53 Å². The van der Waals surface area contributed by atoms with Crippen LogP contribution in [0.3, 0.4) is 0 Å². The van der Waals surface area contributed by atoms with Crippen molar-refractivity contribution in [2.45, 2.75) is 38.7 Å². The van der Waals surface area contributed by atoms with E-state index in [-0.39, 0.29) is 6.10 Å². The lowest BCUT2D eigenvalue weighted by Gasteiger charge is -2.33. The maximum absolute atomic E-state index is 10.2. The Kier molecular flexibility index (Phi) is 4.62. The van der Waals surface area contributed by atoms with E-state index in [1.165, 1.54) is 11.3 Å². The molecule has 1 fully saturated rings. The van der Waals surface area contributed by atoms with Crippen molar-refractivity contribution in [2.24, 2.45) is 0 Å². The number of rotatable bonds is 5. The van der Waals surface area contributed by atoms with E-state index in [9.17, 15) is 4.79 Å². The van der Waals surface area contributed by atoms with Gasteiger partial charge in [-0.25, -0.2) is 4.79 Å². The van der Waals surface area contributed by atoms with E-state index in [0.29, 0.717) is 0 Å². The Bertz CT molecular complexity index is 384. The Labute approximate surface area is 109 Å². The monoisotopic (exact) mass is 246 g/mol. The van der Waals surface area contributed by atoms with E-state index in [1.54, 1.807) is 6.47 Å². The third-order valence-corrected chi connectivity index (χ3v) is 3.51. The number of hydrogen-bond donors (Lipinski definition) is 0. The smallest absolute Gasteiger partial charge is 0.417 e. The largest absolute Gasteiger partial charge is 0.454 e. The van der Waals surface area contributed by atoms with Crippen molar-refractivity contribution in [3.63, 3.8) is 0 Å². The van der Waals surface area contributed by atoms with Crippen molar-refractivity contribution in [1.82, 2.24) is 0 Å². The molecule has 0 aliphatic carbocycles. The Morgan fingerprint density at radius 2 is 2.06 bits per heavy atom. The van der Waals surface area contributed by atoms with Crippen molar-refractivity contribution in [2.75, 3.05) is 18.0 Å². The van der Waals surface area contributed by atoms with E-state index in [0.717, 1.165) is 38.8 Å².